The van der Waals surface area contributed by atoms with E-state index in [-0.39, 0.29) is 5.75 Å². The molecule has 1 aromatic carbocycles. The zero-order valence-corrected chi connectivity index (χ0v) is 13.4. The maximum Gasteiger partial charge on any atom is 0.236 e. The van der Waals surface area contributed by atoms with Gasteiger partial charge in [0.2, 0.25) is 9.05 Å². The smallest absolute Gasteiger partial charge is 0.236 e. The van der Waals surface area contributed by atoms with Crippen LogP contribution in [0.15, 0.2) is 18.2 Å². The number of para-hydroxylation sites is 1. The van der Waals surface area contributed by atoms with Gasteiger partial charge in [0.25, 0.3) is 0 Å². The number of nitrogens with zero attached hydrogens (tertiary/aromatic N) is 2. The Morgan fingerprint density at radius 3 is 2.67 bits per heavy atom. The lowest BCUT2D eigenvalue weighted by Crippen LogP contribution is -2.39. The fraction of sp³-hybridized carbons (Fsp3) is 0.467. The molecule has 4 heterocycles. The van der Waals surface area contributed by atoms with E-state index in [0.29, 0.717) is 5.92 Å². The molecule has 1 saturated heterocycles. The lowest BCUT2D eigenvalue weighted by Gasteiger charge is -2.41. The van der Waals surface area contributed by atoms with E-state index in [4.69, 9.17) is 10.7 Å². The highest BCUT2D eigenvalue weighted by atomic mass is 35.7. The number of halogens is 1. The van der Waals surface area contributed by atoms with Gasteiger partial charge in [-0.25, -0.2) is 8.42 Å². The summed E-state index contributed by atoms with van der Waals surface area (Å²) < 4.78 is 25.1. The van der Waals surface area contributed by atoms with Crippen molar-refractivity contribution in [3.05, 3.63) is 29.3 Å². The third kappa shape index (κ3) is 1.98. The molecular weight excluding hydrogens is 308 g/mol. The third-order valence-corrected chi connectivity index (χ3v) is 5.82. The maximum absolute atomic E-state index is 11.5. The molecule has 3 aliphatic rings. The Kier molecular flexibility index (Phi) is 2.82. The Labute approximate surface area is 128 Å². The highest BCUT2D eigenvalue weighted by molar-refractivity contribution is 8.13. The summed E-state index contributed by atoms with van der Waals surface area (Å²) in [6, 6.07) is 5.92. The first-order valence-electron chi connectivity index (χ1n) is 7.23. The number of fused-ring (bicyclic) bond motifs is 3. The van der Waals surface area contributed by atoms with Gasteiger partial charge in [-0.15, -0.1) is 0 Å². The molecule has 2 bridgehead atoms. The molecule has 1 fully saturated rings. The predicted molar refractivity (Wildman–Crippen MR) is 85.6 cm³/mol. The molecule has 0 amide bonds. The number of anilines is 1. The van der Waals surface area contributed by atoms with Gasteiger partial charge in [0.1, 0.15) is 5.82 Å². The molecule has 0 unspecified atom stereocenters. The summed E-state index contributed by atoms with van der Waals surface area (Å²) in [6.07, 6.45) is 2.40. The Morgan fingerprint density at radius 2 is 2.00 bits per heavy atom. The standard InChI is InChI=1S/C15H17ClN2O2S/c1-17-14-11(9-21(16,19)20)3-2-4-12(14)13-10-5-7-18(8-6-10)15(13)17/h2-4,10H,5-9H2,1H3. The second kappa shape index (κ2) is 4.40. The first-order chi connectivity index (χ1) is 9.96. The highest BCUT2D eigenvalue weighted by Crippen LogP contribution is 2.47. The summed E-state index contributed by atoms with van der Waals surface area (Å²) >= 11 is 0. The molecule has 1 aromatic heterocycles. The van der Waals surface area contributed by atoms with Crippen LogP contribution in [-0.4, -0.2) is 26.1 Å². The summed E-state index contributed by atoms with van der Waals surface area (Å²) in [5, 5.41) is 1.19. The first kappa shape index (κ1) is 13.5. The van der Waals surface area contributed by atoms with Crippen molar-refractivity contribution in [2.75, 3.05) is 18.0 Å². The van der Waals surface area contributed by atoms with Gasteiger partial charge in [-0.2, -0.15) is 0 Å². The van der Waals surface area contributed by atoms with Gasteiger partial charge in [-0.1, -0.05) is 18.2 Å². The topological polar surface area (TPSA) is 42.3 Å². The Morgan fingerprint density at radius 1 is 1.29 bits per heavy atom. The fourth-order valence-corrected chi connectivity index (χ4v) is 5.04. The van der Waals surface area contributed by atoms with Crippen molar-refractivity contribution in [3.8, 4) is 0 Å². The molecule has 5 rings (SSSR count). The summed E-state index contributed by atoms with van der Waals surface area (Å²) in [7, 11) is 3.95. The van der Waals surface area contributed by atoms with Crippen LogP contribution in [0.3, 0.4) is 0 Å². The van der Waals surface area contributed by atoms with Crippen molar-refractivity contribution in [1.82, 2.24) is 4.57 Å². The van der Waals surface area contributed by atoms with E-state index in [2.05, 4.69) is 15.5 Å². The highest BCUT2D eigenvalue weighted by Gasteiger charge is 2.35. The van der Waals surface area contributed by atoms with E-state index >= 15 is 0 Å². The Balaban J connectivity index is 2.02. The molecule has 3 aliphatic heterocycles. The number of aryl methyl sites for hydroxylation is 1. The minimum atomic E-state index is -3.55. The van der Waals surface area contributed by atoms with Crippen LogP contribution < -0.4 is 4.90 Å². The fourth-order valence-electron chi connectivity index (χ4n) is 4.08. The normalized spacial score (nSPS) is 18.5. The summed E-state index contributed by atoms with van der Waals surface area (Å²) in [4.78, 5) is 2.42. The predicted octanol–water partition coefficient (Wildman–Crippen LogP) is 2.94. The average Bonchev–Trinajstić information content (AvgIpc) is 2.76. The van der Waals surface area contributed by atoms with Crippen LogP contribution in [-0.2, 0) is 21.9 Å². The van der Waals surface area contributed by atoms with Crippen molar-refractivity contribution in [2.24, 2.45) is 7.05 Å². The van der Waals surface area contributed by atoms with Crippen LogP contribution in [0, 0.1) is 0 Å². The summed E-state index contributed by atoms with van der Waals surface area (Å²) in [5.41, 5.74) is 3.21. The van der Waals surface area contributed by atoms with Crippen LogP contribution in [0.4, 0.5) is 5.82 Å². The van der Waals surface area contributed by atoms with Crippen molar-refractivity contribution in [1.29, 1.82) is 0 Å². The SMILES string of the molecule is Cn1c2c(c3cccc(CS(=O)(=O)Cl)c31)C1CCN2CC1. The van der Waals surface area contributed by atoms with Gasteiger partial charge in [-0.05, 0) is 24.3 Å². The van der Waals surface area contributed by atoms with Gasteiger partial charge in [0.15, 0.2) is 0 Å². The molecular formula is C15H17ClN2O2S. The monoisotopic (exact) mass is 324 g/mol. The lowest BCUT2D eigenvalue weighted by atomic mass is 9.84. The minimum absolute atomic E-state index is 0.118. The van der Waals surface area contributed by atoms with Crippen molar-refractivity contribution in [2.45, 2.75) is 24.5 Å². The van der Waals surface area contributed by atoms with E-state index < -0.39 is 9.05 Å². The van der Waals surface area contributed by atoms with Crippen LogP contribution in [0.5, 0.6) is 0 Å². The van der Waals surface area contributed by atoms with Gasteiger partial charge in [0.05, 0.1) is 11.3 Å². The van der Waals surface area contributed by atoms with Crippen LogP contribution >= 0.6 is 10.7 Å². The molecule has 21 heavy (non-hydrogen) atoms. The molecule has 0 atom stereocenters. The molecule has 0 N–H and O–H groups in total. The van der Waals surface area contributed by atoms with Gasteiger partial charge in [-0.3, -0.25) is 0 Å². The van der Waals surface area contributed by atoms with Crippen molar-refractivity contribution >= 4 is 36.5 Å². The van der Waals surface area contributed by atoms with E-state index in [1.165, 1.54) is 29.6 Å². The largest absolute Gasteiger partial charge is 0.358 e. The summed E-state index contributed by atoms with van der Waals surface area (Å²) in [5.74, 6) is 1.76. The van der Waals surface area contributed by atoms with Crippen LogP contribution in [0.2, 0.25) is 0 Å². The number of rotatable bonds is 2. The Bertz CT molecular complexity index is 833. The Hall–Kier alpha value is -1.20. The third-order valence-electron chi connectivity index (χ3n) is 4.83. The van der Waals surface area contributed by atoms with E-state index in [1.54, 1.807) is 0 Å². The number of aromatic nitrogens is 1. The van der Waals surface area contributed by atoms with Crippen LogP contribution in [0.1, 0.15) is 29.9 Å². The molecule has 2 aromatic rings. The van der Waals surface area contributed by atoms with Crippen LogP contribution in [0.25, 0.3) is 10.9 Å². The minimum Gasteiger partial charge on any atom is -0.358 e. The number of benzene rings is 1. The number of hydrogen-bond acceptors (Lipinski definition) is 3. The molecule has 0 saturated carbocycles. The molecule has 6 heteroatoms. The average molecular weight is 325 g/mol. The zero-order chi connectivity index (χ0) is 14.8. The van der Waals surface area contributed by atoms with E-state index in [0.717, 1.165) is 24.2 Å². The maximum atomic E-state index is 11.5. The number of piperidine rings is 1. The molecule has 0 aliphatic carbocycles. The number of hydrogen-bond donors (Lipinski definition) is 0. The lowest BCUT2D eigenvalue weighted by molar-refractivity contribution is 0.469. The molecule has 112 valence electrons. The van der Waals surface area contributed by atoms with Gasteiger partial charge in [0, 0.05) is 41.8 Å². The molecule has 0 radical (unpaired) electrons. The van der Waals surface area contributed by atoms with Crippen molar-refractivity contribution < 1.29 is 8.42 Å². The van der Waals surface area contributed by atoms with Gasteiger partial charge >= 0.3 is 0 Å². The van der Waals surface area contributed by atoms with E-state index in [9.17, 15) is 8.42 Å². The van der Waals surface area contributed by atoms with Crippen molar-refractivity contribution in [3.63, 3.8) is 0 Å². The van der Waals surface area contributed by atoms with Gasteiger partial charge < -0.3 is 9.47 Å². The first-order valence-corrected chi connectivity index (χ1v) is 9.71. The zero-order valence-electron chi connectivity index (χ0n) is 11.8. The molecule has 4 nitrogen and oxygen atoms in total. The second-order valence-corrected chi connectivity index (χ2v) is 8.83. The quantitative estimate of drug-likeness (QED) is 0.798. The van der Waals surface area contributed by atoms with E-state index in [1.807, 2.05) is 19.2 Å². The molecule has 0 spiro atoms. The second-order valence-electron chi connectivity index (χ2n) is 6.05. The summed E-state index contributed by atoms with van der Waals surface area (Å²) in [6.45, 7) is 2.20.